The van der Waals surface area contributed by atoms with Gasteiger partial charge in [0.2, 0.25) is 6.10 Å². The van der Waals surface area contributed by atoms with Gasteiger partial charge in [-0.1, -0.05) is 5.16 Å². The van der Waals surface area contributed by atoms with Gasteiger partial charge in [0.1, 0.15) is 0 Å². The predicted molar refractivity (Wildman–Crippen MR) is 41.3 cm³/mol. The summed E-state index contributed by atoms with van der Waals surface area (Å²) >= 11 is 0. The van der Waals surface area contributed by atoms with E-state index < -0.39 is 0 Å². The smallest absolute Gasteiger partial charge is 0.266 e. The Morgan fingerprint density at radius 1 is 1.73 bits per heavy atom. The number of likely N-dealkylation sites (N-methyl/N-ethyl adjacent to an activating group) is 1. The highest BCUT2D eigenvalue weighted by atomic mass is 16.6. The first-order chi connectivity index (χ1) is 5.11. The molecule has 1 amide bonds. The Kier molecular flexibility index (Phi) is 2.12. The van der Waals surface area contributed by atoms with Gasteiger partial charge in [-0.3, -0.25) is 4.79 Å². The third-order valence-corrected chi connectivity index (χ3v) is 1.53. The zero-order valence-electron chi connectivity index (χ0n) is 7.00. The van der Waals surface area contributed by atoms with E-state index >= 15 is 0 Å². The Bertz CT molecular complexity index is 199. The fourth-order valence-corrected chi connectivity index (χ4v) is 0.917. The predicted octanol–water partition coefficient (Wildman–Crippen LogP) is 0.239. The minimum Gasteiger partial charge on any atom is -0.382 e. The van der Waals surface area contributed by atoms with Crippen molar-refractivity contribution in [3.63, 3.8) is 0 Å². The van der Waals surface area contributed by atoms with Gasteiger partial charge in [-0.2, -0.15) is 0 Å². The Balaban J connectivity index is 2.47. The van der Waals surface area contributed by atoms with Gasteiger partial charge < -0.3 is 9.74 Å². The third-order valence-electron chi connectivity index (χ3n) is 1.53. The monoisotopic (exact) mass is 156 g/mol. The van der Waals surface area contributed by atoms with Crippen LogP contribution in [-0.2, 0) is 9.63 Å². The molecule has 11 heavy (non-hydrogen) atoms. The topological polar surface area (TPSA) is 41.9 Å². The zero-order valence-corrected chi connectivity index (χ0v) is 7.00. The lowest BCUT2D eigenvalue weighted by Crippen LogP contribution is -2.33. The first-order valence-electron chi connectivity index (χ1n) is 3.51. The van der Waals surface area contributed by atoms with E-state index in [1.54, 1.807) is 14.1 Å². The van der Waals surface area contributed by atoms with Crippen LogP contribution in [0.2, 0.25) is 0 Å². The van der Waals surface area contributed by atoms with Crippen LogP contribution in [-0.4, -0.2) is 36.7 Å². The molecule has 0 N–H and O–H groups in total. The Morgan fingerprint density at radius 2 is 2.36 bits per heavy atom. The summed E-state index contributed by atoms with van der Waals surface area (Å²) in [5.41, 5.74) is 0.880. The molecule has 1 rings (SSSR count). The van der Waals surface area contributed by atoms with Crippen LogP contribution in [0.25, 0.3) is 0 Å². The summed E-state index contributed by atoms with van der Waals surface area (Å²) in [5, 5.41) is 3.69. The van der Waals surface area contributed by atoms with E-state index in [0.29, 0.717) is 6.42 Å². The maximum Gasteiger partial charge on any atom is 0.266 e. The number of nitrogens with zero attached hydrogens (tertiary/aromatic N) is 2. The quantitative estimate of drug-likeness (QED) is 0.545. The van der Waals surface area contributed by atoms with Crippen LogP contribution in [0, 0.1) is 0 Å². The van der Waals surface area contributed by atoms with E-state index in [-0.39, 0.29) is 12.0 Å². The zero-order chi connectivity index (χ0) is 8.43. The van der Waals surface area contributed by atoms with Gasteiger partial charge in [-0.25, -0.2) is 0 Å². The molecule has 0 saturated heterocycles. The van der Waals surface area contributed by atoms with Crippen LogP contribution < -0.4 is 0 Å². The minimum atomic E-state index is -0.384. The first-order valence-corrected chi connectivity index (χ1v) is 3.51. The van der Waals surface area contributed by atoms with E-state index in [1.807, 2.05) is 6.92 Å². The van der Waals surface area contributed by atoms with Crippen molar-refractivity contribution in [1.29, 1.82) is 0 Å². The molecule has 0 spiro atoms. The Hall–Kier alpha value is -1.06. The molecule has 0 aliphatic carbocycles. The number of amides is 1. The number of rotatable bonds is 1. The molecule has 1 aliphatic heterocycles. The first kappa shape index (κ1) is 8.04. The van der Waals surface area contributed by atoms with Crippen molar-refractivity contribution in [2.75, 3.05) is 14.1 Å². The summed E-state index contributed by atoms with van der Waals surface area (Å²) in [6, 6.07) is 0. The van der Waals surface area contributed by atoms with Gasteiger partial charge in [0.25, 0.3) is 5.91 Å². The number of oxime groups is 1. The second-order valence-electron chi connectivity index (χ2n) is 2.86. The van der Waals surface area contributed by atoms with Gasteiger partial charge >= 0.3 is 0 Å². The third kappa shape index (κ3) is 1.69. The van der Waals surface area contributed by atoms with Crippen LogP contribution in [0.15, 0.2) is 5.16 Å². The van der Waals surface area contributed by atoms with Gasteiger partial charge in [0, 0.05) is 20.5 Å². The Morgan fingerprint density at radius 3 is 2.73 bits per heavy atom. The number of carbonyl (C=O) groups excluding carboxylic acids is 1. The van der Waals surface area contributed by atoms with Crippen molar-refractivity contribution >= 4 is 11.6 Å². The molecule has 0 aromatic carbocycles. The number of hydrogen-bond donors (Lipinski definition) is 0. The van der Waals surface area contributed by atoms with Crippen LogP contribution >= 0.6 is 0 Å². The van der Waals surface area contributed by atoms with E-state index in [0.717, 1.165) is 5.71 Å². The molecule has 1 unspecified atom stereocenters. The highest BCUT2D eigenvalue weighted by molar-refractivity contribution is 5.91. The summed E-state index contributed by atoms with van der Waals surface area (Å²) in [4.78, 5) is 17.6. The lowest BCUT2D eigenvalue weighted by atomic mass is 10.2. The van der Waals surface area contributed by atoms with Crippen molar-refractivity contribution in [3.8, 4) is 0 Å². The molecule has 0 radical (unpaired) electrons. The lowest BCUT2D eigenvalue weighted by Gasteiger charge is -2.13. The molecule has 0 fully saturated rings. The summed E-state index contributed by atoms with van der Waals surface area (Å²) < 4.78 is 0. The van der Waals surface area contributed by atoms with Crippen molar-refractivity contribution in [3.05, 3.63) is 0 Å². The molecule has 4 nitrogen and oxygen atoms in total. The summed E-state index contributed by atoms with van der Waals surface area (Å²) in [6.07, 6.45) is 0.238. The second kappa shape index (κ2) is 2.90. The molecular weight excluding hydrogens is 144 g/mol. The molecule has 62 valence electrons. The van der Waals surface area contributed by atoms with E-state index in [2.05, 4.69) is 5.16 Å². The summed E-state index contributed by atoms with van der Waals surface area (Å²) in [5.74, 6) is -0.0226. The molecule has 0 saturated carbocycles. The highest BCUT2D eigenvalue weighted by Crippen LogP contribution is 2.11. The molecular formula is C7H12N2O2. The Labute approximate surface area is 65.8 Å². The van der Waals surface area contributed by atoms with Crippen LogP contribution in [0.1, 0.15) is 13.3 Å². The normalized spacial score (nSPS) is 22.5. The minimum absolute atomic E-state index is 0.0226. The van der Waals surface area contributed by atoms with Crippen molar-refractivity contribution in [1.82, 2.24) is 4.90 Å². The maximum absolute atomic E-state index is 11.2. The molecule has 0 bridgehead atoms. The average molecular weight is 156 g/mol. The van der Waals surface area contributed by atoms with Crippen molar-refractivity contribution < 1.29 is 9.63 Å². The van der Waals surface area contributed by atoms with Crippen LogP contribution in [0.4, 0.5) is 0 Å². The fourth-order valence-electron chi connectivity index (χ4n) is 0.917. The van der Waals surface area contributed by atoms with Gasteiger partial charge in [-0.05, 0) is 6.92 Å². The van der Waals surface area contributed by atoms with Crippen molar-refractivity contribution in [2.24, 2.45) is 5.16 Å². The summed E-state index contributed by atoms with van der Waals surface area (Å²) in [7, 11) is 3.42. The van der Waals surface area contributed by atoms with E-state index in [4.69, 9.17) is 4.84 Å². The standard InChI is InChI=1S/C7H12N2O2/c1-5-4-6(11-8-5)7(10)9(2)3/h6H,4H2,1-3H3. The molecule has 4 heteroatoms. The van der Waals surface area contributed by atoms with Crippen molar-refractivity contribution in [2.45, 2.75) is 19.4 Å². The highest BCUT2D eigenvalue weighted by Gasteiger charge is 2.26. The van der Waals surface area contributed by atoms with Gasteiger partial charge in [0.05, 0.1) is 5.71 Å². The van der Waals surface area contributed by atoms with Gasteiger partial charge in [-0.15, -0.1) is 0 Å². The molecule has 1 aliphatic rings. The lowest BCUT2D eigenvalue weighted by molar-refractivity contribution is -0.139. The largest absolute Gasteiger partial charge is 0.382 e. The average Bonchev–Trinajstić information content (AvgIpc) is 2.34. The van der Waals surface area contributed by atoms with E-state index in [9.17, 15) is 4.79 Å². The van der Waals surface area contributed by atoms with Gasteiger partial charge in [0.15, 0.2) is 0 Å². The summed E-state index contributed by atoms with van der Waals surface area (Å²) in [6.45, 7) is 1.85. The second-order valence-corrected chi connectivity index (χ2v) is 2.86. The SMILES string of the molecule is CC1=NOC(C(=O)N(C)C)C1. The van der Waals surface area contributed by atoms with Crippen LogP contribution in [0.3, 0.4) is 0 Å². The molecule has 1 heterocycles. The molecule has 0 aromatic heterocycles. The maximum atomic E-state index is 11.2. The number of hydrogen-bond acceptors (Lipinski definition) is 3. The van der Waals surface area contributed by atoms with Crippen LogP contribution in [0.5, 0.6) is 0 Å². The fraction of sp³-hybridized carbons (Fsp3) is 0.714. The molecule has 1 atom stereocenters. The molecule has 0 aromatic rings. The van der Waals surface area contributed by atoms with E-state index in [1.165, 1.54) is 4.90 Å². The number of carbonyl (C=O) groups is 1.